The van der Waals surface area contributed by atoms with E-state index in [1.807, 2.05) is 4.90 Å². The van der Waals surface area contributed by atoms with E-state index in [1.54, 1.807) is 30.9 Å². The van der Waals surface area contributed by atoms with E-state index in [0.717, 1.165) is 0 Å². The van der Waals surface area contributed by atoms with E-state index < -0.39 is 16.8 Å². The highest BCUT2D eigenvalue weighted by Gasteiger charge is 2.23. The summed E-state index contributed by atoms with van der Waals surface area (Å²) in [6, 6.07) is 9.14. The number of hydrogen-bond acceptors (Lipinski definition) is 7. The van der Waals surface area contributed by atoms with E-state index in [-0.39, 0.29) is 29.3 Å². The van der Waals surface area contributed by atoms with Gasteiger partial charge in [-0.1, -0.05) is 6.07 Å². The quantitative estimate of drug-likeness (QED) is 0.404. The Bertz CT molecular complexity index is 1090. The van der Waals surface area contributed by atoms with Crippen LogP contribution in [0.15, 0.2) is 36.4 Å². The van der Waals surface area contributed by atoms with Gasteiger partial charge in [0.15, 0.2) is 0 Å². The maximum Gasteiger partial charge on any atom is 0.338 e. The third-order valence-electron chi connectivity index (χ3n) is 5.49. The summed E-state index contributed by atoms with van der Waals surface area (Å²) in [6.45, 7) is 7.21. The molecular weight excluding hydrogens is 428 g/mol. The fraction of sp³-hybridized carbons (Fsp3) is 0.348. The Labute approximate surface area is 191 Å². The van der Waals surface area contributed by atoms with Crippen molar-refractivity contribution in [2.24, 2.45) is 0 Å². The fourth-order valence-corrected chi connectivity index (χ4v) is 3.66. The van der Waals surface area contributed by atoms with Crippen LogP contribution in [-0.2, 0) is 9.53 Å². The van der Waals surface area contributed by atoms with Gasteiger partial charge in [-0.15, -0.1) is 0 Å². The zero-order valence-corrected chi connectivity index (χ0v) is 18.8. The van der Waals surface area contributed by atoms with Crippen LogP contribution in [0, 0.1) is 17.0 Å². The summed E-state index contributed by atoms with van der Waals surface area (Å²) in [7, 11) is 0. The van der Waals surface area contributed by atoms with Gasteiger partial charge in [-0.05, 0) is 38.1 Å². The van der Waals surface area contributed by atoms with Crippen LogP contribution in [0.25, 0.3) is 0 Å². The predicted molar refractivity (Wildman–Crippen MR) is 123 cm³/mol. The van der Waals surface area contributed by atoms with E-state index in [1.165, 1.54) is 31.2 Å². The molecule has 0 saturated carbocycles. The molecule has 3 rings (SSSR count). The minimum atomic E-state index is -0.539. The fourth-order valence-electron chi connectivity index (χ4n) is 3.66. The van der Waals surface area contributed by atoms with Crippen molar-refractivity contribution in [3.63, 3.8) is 0 Å². The average Bonchev–Trinajstić information content (AvgIpc) is 2.79. The lowest BCUT2D eigenvalue weighted by Gasteiger charge is -2.36. The number of esters is 1. The predicted octanol–water partition coefficient (Wildman–Crippen LogP) is 3.00. The number of nitro groups is 1. The summed E-state index contributed by atoms with van der Waals surface area (Å²) >= 11 is 0. The molecule has 33 heavy (non-hydrogen) atoms. The molecule has 0 unspecified atom stereocenters. The van der Waals surface area contributed by atoms with Crippen molar-refractivity contribution in [1.29, 1.82) is 0 Å². The standard InChI is InChI=1S/C23H26N4O6/c1-4-33-23(30)18-7-8-20(26-11-9-25(10-12-26)16(3)28)19(13-18)24-22(29)17-6-5-15(2)21(14-17)27(31)32/h5-8,13-14H,4,9-12H2,1-3H3,(H,24,29). The average molecular weight is 454 g/mol. The van der Waals surface area contributed by atoms with Crippen molar-refractivity contribution in [2.45, 2.75) is 20.8 Å². The molecule has 2 aromatic rings. The number of aryl methyl sites for hydroxylation is 1. The van der Waals surface area contributed by atoms with Gasteiger partial charge in [-0.2, -0.15) is 0 Å². The van der Waals surface area contributed by atoms with E-state index in [0.29, 0.717) is 43.1 Å². The molecule has 1 fully saturated rings. The normalized spacial score (nSPS) is 13.4. The number of rotatable bonds is 6. The lowest BCUT2D eigenvalue weighted by Crippen LogP contribution is -2.48. The van der Waals surface area contributed by atoms with Crippen LogP contribution in [0.2, 0.25) is 0 Å². The Kier molecular flexibility index (Phi) is 7.27. The monoisotopic (exact) mass is 454 g/mol. The molecule has 0 bridgehead atoms. The van der Waals surface area contributed by atoms with Crippen molar-refractivity contribution < 1.29 is 24.0 Å². The molecule has 10 nitrogen and oxygen atoms in total. The zero-order valence-electron chi connectivity index (χ0n) is 18.8. The van der Waals surface area contributed by atoms with Gasteiger partial charge in [-0.3, -0.25) is 19.7 Å². The molecule has 174 valence electrons. The second-order valence-electron chi connectivity index (χ2n) is 7.66. The van der Waals surface area contributed by atoms with E-state index in [9.17, 15) is 24.5 Å². The lowest BCUT2D eigenvalue weighted by atomic mass is 10.1. The first kappa shape index (κ1) is 23.7. The van der Waals surface area contributed by atoms with Gasteiger partial charge in [0.1, 0.15) is 0 Å². The van der Waals surface area contributed by atoms with E-state index >= 15 is 0 Å². The van der Waals surface area contributed by atoms with Crippen LogP contribution in [0.1, 0.15) is 40.1 Å². The minimum absolute atomic E-state index is 0.00167. The molecular formula is C23H26N4O6. The largest absolute Gasteiger partial charge is 0.462 e. The molecule has 10 heteroatoms. The first-order valence-corrected chi connectivity index (χ1v) is 10.6. The molecule has 1 aliphatic heterocycles. The maximum absolute atomic E-state index is 13.0. The Morgan fingerprint density at radius 2 is 1.73 bits per heavy atom. The molecule has 2 amide bonds. The van der Waals surface area contributed by atoms with Crippen molar-refractivity contribution in [3.05, 3.63) is 63.2 Å². The number of amides is 2. The molecule has 0 aromatic heterocycles. The number of anilines is 2. The smallest absolute Gasteiger partial charge is 0.338 e. The highest BCUT2D eigenvalue weighted by molar-refractivity contribution is 6.07. The molecule has 1 N–H and O–H groups in total. The minimum Gasteiger partial charge on any atom is -0.462 e. The number of nitrogens with zero attached hydrogens (tertiary/aromatic N) is 3. The van der Waals surface area contributed by atoms with Gasteiger partial charge in [-0.25, -0.2) is 4.79 Å². The van der Waals surface area contributed by atoms with Gasteiger partial charge in [0.2, 0.25) is 5.91 Å². The third-order valence-corrected chi connectivity index (χ3v) is 5.49. The van der Waals surface area contributed by atoms with Crippen LogP contribution in [0.5, 0.6) is 0 Å². The van der Waals surface area contributed by atoms with Crippen LogP contribution in [0.3, 0.4) is 0 Å². The van der Waals surface area contributed by atoms with Crippen molar-refractivity contribution in [2.75, 3.05) is 43.0 Å². The van der Waals surface area contributed by atoms with Gasteiger partial charge in [0.05, 0.1) is 28.5 Å². The molecule has 1 aliphatic rings. The molecule has 0 atom stereocenters. The van der Waals surface area contributed by atoms with Gasteiger partial charge in [0, 0.05) is 50.3 Å². The molecule has 1 heterocycles. The van der Waals surface area contributed by atoms with E-state index in [2.05, 4.69) is 5.32 Å². The van der Waals surface area contributed by atoms with Crippen molar-refractivity contribution >= 4 is 34.8 Å². The SMILES string of the molecule is CCOC(=O)c1ccc(N2CCN(C(C)=O)CC2)c(NC(=O)c2ccc(C)c([N+](=O)[O-])c2)c1. The second kappa shape index (κ2) is 10.1. The van der Waals surface area contributed by atoms with Crippen molar-refractivity contribution in [1.82, 2.24) is 4.90 Å². The molecule has 1 saturated heterocycles. The van der Waals surface area contributed by atoms with Gasteiger partial charge < -0.3 is 19.9 Å². The summed E-state index contributed by atoms with van der Waals surface area (Å²) in [5, 5.41) is 14.0. The maximum atomic E-state index is 13.0. The number of benzene rings is 2. The number of ether oxygens (including phenoxy) is 1. The summed E-state index contributed by atoms with van der Waals surface area (Å²) in [5.74, 6) is -1.06. The highest BCUT2D eigenvalue weighted by atomic mass is 16.6. The molecule has 0 radical (unpaired) electrons. The first-order valence-electron chi connectivity index (χ1n) is 10.6. The lowest BCUT2D eigenvalue weighted by molar-refractivity contribution is -0.385. The van der Waals surface area contributed by atoms with Crippen LogP contribution < -0.4 is 10.2 Å². The first-order chi connectivity index (χ1) is 15.7. The molecule has 2 aromatic carbocycles. The topological polar surface area (TPSA) is 122 Å². The summed E-state index contributed by atoms with van der Waals surface area (Å²) in [4.78, 5) is 51.3. The number of nitrogens with one attached hydrogen (secondary N) is 1. The van der Waals surface area contributed by atoms with Crippen LogP contribution in [-0.4, -0.2) is 60.4 Å². The number of carbonyl (C=O) groups excluding carboxylic acids is 3. The highest BCUT2D eigenvalue weighted by Crippen LogP contribution is 2.30. The number of hydrogen-bond donors (Lipinski definition) is 1. The van der Waals surface area contributed by atoms with Crippen molar-refractivity contribution in [3.8, 4) is 0 Å². The Balaban J connectivity index is 1.92. The number of nitro benzene ring substituents is 1. The summed E-state index contributed by atoms with van der Waals surface area (Å²) in [5.41, 5.74) is 1.76. The van der Waals surface area contributed by atoms with Gasteiger partial charge >= 0.3 is 5.97 Å². The van der Waals surface area contributed by atoms with Crippen LogP contribution >= 0.6 is 0 Å². The zero-order chi connectivity index (χ0) is 24.1. The molecule has 0 aliphatic carbocycles. The van der Waals surface area contributed by atoms with Crippen LogP contribution in [0.4, 0.5) is 17.1 Å². The third kappa shape index (κ3) is 5.46. The Hall–Kier alpha value is -3.95. The van der Waals surface area contributed by atoms with Gasteiger partial charge in [0.25, 0.3) is 11.6 Å². The summed E-state index contributed by atoms with van der Waals surface area (Å²) < 4.78 is 5.07. The number of piperazine rings is 1. The number of carbonyl (C=O) groups is 3. The molecule has 0 spiro atoms. The van der Waals surface area contributed by atoms with E-state index in [4.69, 9.17) is 4.74 Å². The second-order valence-corrected chi connectivity index (χ2v) is 7.66. The Morgan fingerprint density at radius 3 is 2.33 bits per heavy atom. The Morgan fingerprint density at radius 1 is 1.06 bits per heavy atom. The summed E-state index contributed by atoms with van der Waals surface area (Å²) in [6.07, 6.45) is 0.